The summed E-state index contributed by atoms with van der Waals surface area (Å²) in [7, 11) is 3.32. The molecule has 0 N–H and O–H groups in total. The second-order valence-electron chi connectivity index (χ2n) is 13.2. The van der Waals surface area contributed by atoms with Crippen LogP contribution < -0.4 is 9.47 Å². The lowest BCUT2D eigenvalue weighted by Crippen LogP contribution is -2.64. The molecule has 3 aromatic carbocycles. The summed E-state index contributed by atoms with van der Waals surface area (Å²) >= 11 is 0. The molecule has 1 unspecified atom stereocenters. The number of aryl methyl sites for hydroxylation is 1. The van der Waals surface area contributed by atoms with Crippen molar-refractivity contribution in [2.75, 3.05) is 60.2 Å². The summed E-state index contributed by atoms with van der Waals surface area (Å²) in [6.07, 6.45) is 3.15. The third kappa shape index (κ3) is 5.81. The van der Waals surface area contributed by atoms with Crippen LogP contribution in [-0.2, 0) is 38.3 Å². The lowest BCUT2D eigenvalue weighted by atomic mass is 9.74. The second kappa shape index (κ2) is 14.0. The van der Waals surface area contributed by atoms with E-state index < -0.39 is 17.4 Å². The number of ether oxygens (including phenoxy) is 5. The number of methoxy groups -OCH3 is 2. The Morgan fingerprint density at radius 3 is 2.29 bits per heavy atom. The molecule has 254 valence electrons. The van der Waals surface area contributed by atoms with Gasteiger partial charge in [0.2, 0.25) is 0 Å². The minimum Gasteiger partial charge on any atom is -0.493 e. The van der Waals surface area contributed by atoms with Crippen molar-refractivity contribution < 1.29 is 28.5 Å². The Bertz CT molecular complexity index is 1600. The van der Waals surface area contributed by atoms with Gasteiger partial charge in [0.15, 0.2) is 22.9 Å². The van der Waals surface area contributed by atoms with Gasteiger partial charge in [0.05, 0.1) is 45.8 Å². The molecule has 3 saturated heterocycles. The van der Waals surface area contributed by atoms with E-state index >= 15 is 0 Å². The molecule has 4 aliphatic rings. The zero-order valence-corrected chi connectivity index (χ0v) is 28.3. The van der Waals surface area contributed by atoms with Gasteiger partial charge in [-0.05, 0) is 55.0 Å². The van der Waals surface area contributed by atoms with E-state index in [9.17, 15) is 4.79 Å². The largest absolute Gasteiger partial charge is 0.493 e. The topological polar surface area (TPSA) is 82.1 Å². The van der Waals surface area contributed by atoms with Crippen LogP contribution >= 0.6 is 0 Å². The third-order valence-corrected chi connectivity index (χ3v) is 10.7. The van der Waals surface area contributed by atoms with Gasteiger partial charge in [-0.3, -0.25) is 19.6 Å². The summed E-state index contributed by atoms with van der Waals surface area (Å²) in [5.74, 6) is 0.592. The molecule has 3 aromatic rings. The van der Waals surface area contributed by atoms with Crippen LogP contribution in [0.3, 0.4) is 0 Å². The van der Waals surface area contributed by atoms with Crippen molar-refractivity contribution in [3.05, 3.63) is 95.6 Å². The highest BCUT2D eigenvalue weighted by molar-refractivity contribution is 6.01. The third-order valence-electron chi connectivity index (χ3n) is 10.7. The number of likely N-dealkylation sites (tertiary alicyclic amines) is 1. The van der Waals surface area contributed by atoms with E-state index in [0.717, 1.165) is 48.4 Å². The van der Waals surface area contributed by atoms with Gasteiger partial charge in [-0.1, -0.05) is 66.7 Å². The molecule has 3 fully saturated rings. The van der Waals surface area contributed by atoms with Gasteiger partial charge in [0.25, 0.3) is 0 Å². The van der Waals surface area contributed by atoms with Crippen LogP contribution in [0.25, 0.3) is 0 Å². The van der Waals surface area contributed by atoms with E-state index in [1.807, 2.05) is 19.1 Å². The van der Waals surface area contributed by atoms with Crippen LogP contribution in [0.2, 0.25) is 0 Å². The van der Waals surface area contributed by atoms with Crippen molar-refractivity contribution in [1.82, 2.24) is 9.80 Å². The number of esters is 1. The molecule has 4 aliphatic heterocycles. The number of carbonyl (C=O) groups is 1. The fourth-order valence-electron chi connectivity index (χ4n) is 8.55. The molecule has 9 heteroatoms. The van der Waals surface area contributed by atoms with Gasteiger partial charge in [0, 0.05) is 38.5 Å². The van der Waals surface area contributed by atoms with Crippen molar-refractivity contribution in [2.45, 2.75) is 50.1 Å². The second-order valence-corrected chi connectivity index (χ2v) is 13.2. The number of hydrogen-bond donors (Lipinski definition) is 0. The van der Waals surface area contributed by atoms with Crippen LogP contribution in [0.15, 0.2) is 83.9 Å². The number of carbonyl (C=O) groups excluding carboxylic acids is 1. The fraction of sp³-hybridized carbons (Fsp3) is 0.487. The highest BCUT2D eigenvalue weighted by Gasteiger charge is 2.78. The van der Waals surface area contributed by atoms with Crippen LogP contribution in [0.1, 0.15) is 30.0 Å². The molecule has 0 radical (unpaired) electrons. The van der Waals surface area contributed by atoms with Gasteiger partial charge in [-0.25, -0.2) is 0 Å². The van der Waals surface area contributed by atoms with E-state index in [-0.39, 0.29) is 17.9 Å². The molecule has 0 aliphatic carbocycles. The van der Waals surface area contributed by atoms with Gasteiger partial charge >= 0.3 is 5.97 Å². The maximum atomic E-state index is 14.3. The lowest BCUT2D eigenvalue weighted by Gasteiger charge is -2.45. The van der Waals surface area contributed by atoms with E-state index in [4.69, 9.17) is 28.7 Å². The van der Waals surface area contributed by atoms with Crippen molar-refractivity contribution in [3.63, 3.8) is 0 Å². The molecule has 7 rings (SSSR count). The van der Waals surface area contributed by atoms with Gasteiger partial charge < -0.3 is 23.7 Å². The van der Waals surface area contributed by atoms with Crippen molar-refractivity contribution in [3.8, 4) is 11.5 Å². The van der Waals surface area contributed by atoms with Crippen LogP contribution in [-0.4, -0.2) is 99.2 Å². The Hall–Kier alpha value is -3.76. The number of rotatable bonds is 13. The molecule has 0 saturated carbocycles. The molecule has 9 nitrogen and oxygen atoms in total. The van der Waals surface area contributed by atoms with Crippen LogP contribution in [0, 0.1) is 11.8 Å². The van der Waals surface area contributed by atoms with Gasteiger partial charge in [0.1, 0.15) is 5.92 Å². The zero-order chi connectivity index (χ0) is 33.1. The number of fused-ring (bicyclic) bond motifs is 1. The van der Waals surface area contributed by atoms with Gasteiger partial charge in [-0.15, -0.1) is 0 Å². The van der Waals surface area contributed by atoms with E-state index in [1.54, 1.807) is 14.2 Å². The molecular formula is C39H47N3O6. The quantitative estimate of drug-likeness (QED) is 0.243. The predicted molar refractivity (Wildman–Crippen MR) is 184 cm³/mol. The van der Waals surface area contributed by atoms with Gasteiger partial charge in [-0.2, -0.15) is 0 Å². The molecular weight excluding hydrogens is 606 g/mol. The first kappa shape index (κ1) is 32.8. The minimum absolute atomic E-state index is 0.0315. The summed E-state index contributed by atoms with van der Waals surface area (Å²) < 4.78 is 30.3. The minimum atomic E-state index is -0.975. The Balaban J connectivity index is 1.29. The number of morpholine rings is 1. The average Bonchev–Trinajstić information content (AvgIpc) is 3.72. The smallest absolute Gasteiger partial charge is 0.314 e. The average molecular weight is 654 g/mol. The summed E-state index contributed by atoms with van der Waals surface area (Å²) in [5.41, 5.74) is 2.68. The Morgan fingerprint density at radius 1 is 0.896 bits per heavy atom. The molecule has 1 spiro atoms. The lowest BCUT2D eigenvalue weighted by molar-refractivity contribution is -0.181. The zero-order valence-electron chi connectivity index (χ0n) is 28.3. The fourth-order valence-corrected chi connectivity index (χ4v) is 8.55. The standard InChI is InChI=1S/C39H47N3O6/c1-4-47-37(43)36-31-27-41(20-19-30-15-17-32(44-2)33(25-30)45-3)35(18-16-28-11-7-5-8-12-28)38(31)40-34(26-29-13-9-6-10-14-29)39(36,48-38)42-21-23-46-24-22-42/h5-15,17,25,31,35-36H,4,16,18-24,26-27H2,1-3H3/t31?,35-,36+,38+,39+/m0/s1. The first-order valence-corrected chi connectivity index (χ1v) is 17.3. The predicted octanol–water partition coefficient (Wildman–Crippen LogP) is 4.81. The number of benzene rings is 3. The van der Waals surface area contributed by atoms with E-state index in [0.29, 0.717) is 51.6 Å². The Labute approximate surface area is 283 Å². The maximum Gasteiger partial charge on any atom is 0.314 e. The SMILES string of the molecule is CCOC(=O)[C@H]1C2CN(CCc3ccc(OC)c(OC)c3)[C@@H](CCc3ccccc3)[C@@]23N=C(Cc2ccccc2)[C@@]1(N1CCOCC1)O3. The van der Waals surface area contributed by atoms with Crippen molar-refractivity contribution in [1.29, 1.82) is 0 Å². The van der Waals surface area contributed by atoms with E-state index in [2.05, 4.69) is 76.5 Å². The van der Waals surface area contributed by atoms with Crippen LogP contribution in [0.4, 0.5) is 0 Å². The Kier molecular flexibility index (Phi) is 9.56. The molecule has 2 bridgehead atoms. The van der Waals surface area contributed by atoms with Crippen LogP contribution in [0.5, 0.6) is 11.5 Å². The molecule has 0 aromatic heterocycles. The summed E-state index contributed by atoms with van der Waals surface area (Å²) in [6.45, 7) is 6.21. The molecule has 0 amide bonds. The summed E-state index contributed by atoms with van der Waals surface area (Å²) in [6, 6.07) is 27.1. The number of aliphatic imine (C=N–C) groups is 1. The molecule has 5 atom stereocenters. The normalized spacial score (nSPS) is 28.2. The molecule has 4 heterocycles. The van der Waals surface area contributed by atoms with E-state index in [1.165, 1.54) is 5.56 Å². The van der Waals surface area contributed by atoms with Crippen molar-refractivity contribution in [2.24, 2.45) is 16.8 Å². The summed E-state index contributed by atoms with van der Waals surface area (Å²) in [4.78, 5) is 24.8. The highest BCUT2D eigenvalue weighted by Crippen LogP contribution is 2.61. The van der Waals surface area contributed by atoms with Crippen molar-refractivity contribution >= 4 is 11.7 Å². The number of hydrogen-bond acceptors (Lipinski definition) is 9. The Morgan fingerprint density at radius 2 is 1.60 bits per heavy atom. The maximum absolute atomic E-state index is 14.3. The number of nitrogens with zero attached hydrogens (tertiary/aromatic N) is 3. The summed E-state index contributed by atoms with van der Waals surface area (Å²) in [5, 5.41) is 0. The molecule has 48 heavy (non-hydrogen) atoms. The first-order chi connectivity index (χ1) is 23.5. The monoisotopic (exact) mass is 653 g/mol. The first-order valence-electron chi connectivity index (χ1n) is 17.3. The highest BCUT2D eigenvalue weighted by atomic mass is 16.6.